The molecule has 2 rings (SSSR count). The van der Waals surface area contributed by atoms with Crippen molar-refractivity contribution in [3.63, 3.8) is 0 Å². The zero-order chi connectivity index (χ0) is 21.9. The number of rotatable bonds is 10. The van der Waals surface area contributed by atoms with Gasteiger partial charge in [0, 0.05) is 44.3 Å². The monoisotopic (exact) mass is 541 g/mol. The van der Waals surface area contributed by atoms with Gasteiger partial charge in [-0.25, -0.2) is 0 Å². The van der Waals surface area contributed by atoms with Gasteiger partial charge in [-0.2, -0.15) is 0 Å². The molecule has 1 aromatic heterocycles. The molecule has 3 N–H and O–H groups in total. The predicted molar refractivity (Wildman–Crippen MR) is 137 cm³/mol. The zero-order valence-electron chi connectivity index (χ0n) is 19.1. The number of aliphatic imine (C=N–C) groups is 1. The highest BCUT2D eigenvalue weighted by Gasteiger charge is 2.13. The summed E-state index contributed by atoms with van der Waals surface area (Å²) in [5, 5.41) is 9.54. The molecule has 1 aromatic carbocycles. The van der Waals surface area contributed by atoms with Gasteiger partial charge in [-0.15, -0.1) is 24.0 Å². The first-order chi connectivity index (χ1) is 14.4. The molecule has 0 aliphatic heterocycles. The van der Waals surface area contributed by atoms with Crippen LogP contribution >= 0.6 is 24.0 Å². The van der Waals surface area contributed by atoms with Crippen molar-refractivity contribution in [3.05, 3.63) is 59.5 Å². The molecular formula is C23H36IN5O2. The summed E-state index contributed by atoms with van der Waals surface area (Å²) in [5.74, 6) is 1.35. The third-order valence-corrected chi connectivity index (χ3v) is 4.87. The first kappa shape index (κ1) is 27.0. The maximum absolute atomic E-state index is 12.4. The van der Waals surface area contributed by atoms with Gasteiger partial charge in [0.2, 0.25) is 0 Å². The first-order valence-corrected chi connectivity index (χ1v) is 10.5. The molecule has 0 fully saturated rings. The highest BCUT2D eigenvalue weighted by molar-refractivity contribution is 14.0. The Hall–Kier alpha value is -2.07. The number of nitrogens with zero attached hydrogens (tertiary/aromatic N) is 2. The lowest BCUT2D eigenvalue weighted by Crippen LogP contribution is -2.45. The van der Waals surface area contributed by atoms with Crippen molar-refractivity contribution in [2.75, 3.05) is 20.1 Å². The highest BCUT2D eigenvalue weighted by Crippen LogP contribution is 2.07. The van der Waals surface area contributed by atoms with E-state index in [1.165, 1.54) is 0 Å². The number of amides is 1. The average molecular weight is 541 g/mol. The summed E-state index contributed by atoms with van der Waals surface area (Å²) in [4.78, 5) is 19.1. The lowest BCUT2D eigenvalue weighted by molar-refractivity contribution is 0.0948. The van der Waals surface area contributed by atoms with Crippen LogP contribution in [0.5, 0.6) is 0 Å². The molecule has 31 heavy (non-hydrogen) atoms. The lowest BCUT2D eigenvalue weighted by atomic mass is 10.1. The van der Waals surface area contributed by atoms with E-state index in [1.807, 2.05) is 24.3 Å². The summed E-state index contributed by atoms with van der Waals surface area (Å²) in [5.41, 5.74) is 1.63. The van der Waals surface area contributed by atoms with Crippen LogP contribution in [0.3, 0.4) is 0 Å². The Morgan fingerprint density at radius 3 is 2.39 bits per heavy atom. The molecule has 0 spiro atoms. The summed E-state index contributed by atoms with van der Waals surface area (Å²) in [6.07, 6.45) is 1.60. The van der Waals surface area contributed by atoms with E-state index in [4.69, 9.17) is 4.42 Å². The summed E-state index contributed by atoms with van der Waals surface area (Å²) in [6, 6.07) is 12.2. The largest absolute Gasteiger partial charge is 0.467 e. The number of halogens is 1. The molecule has 0 unspecified atom stereocenters. The van der Waals surface area contributed by atoms with Crippen molar-refractivity contribution >= 4 is 35.8 Å². The molecule has 1 amide bonds. The number of guanidine groups is 1. The van der Waals surface area contributed by atoms with Gasteiger partial charge in [0.05, 0.1) is 12.8 Å². The summed E-state index contributed by atoms with van der Waals surface area (Å²) >= 11 is 0. The van der Waals surface area contributed by atoms with Gasteiger partial charge in [-0.3, -0.25) is 14.7 Å². The first-order valence-electron chi connectivity index (χ1n) is 10.5. The molecule has 0 aliphatic rings. The Morgan fingerprint density at radius 1 is 1.03 bits per heavy atom. The summed E-state index contributed by atoms with van der Waals surface area (Å²) in [7, 11) is 1.76. The number of hydrogen-bond donors (Lipinski definition) is 3. The van der Waals surface area contributed by atoms with Crippen LogP contribution in [0, 0.1) is 0 Å². The standard InChI is InChI=1S/C23H35N5O2.HI/c1-17(2)28(18(3)4)12-11-25-23(24-5)27-15-19-8-6-9-20(14-19)22(29)26-16-21-10-7-13-30-21;/h6-10,13-14,17-18H,11-12,15-16H2,1-5H3,(H,26,29)(H2,24,25,27);1H. The molecule has 0 bridgehead atoms. The minimum absolute atomic E-state index is 0. The van der Waals surface area contributed by atoms with E-state index in [-0.39, 0.29) is 29.9 Å². The van der Waals surface area contributed by atoms with Crippen LogP contribution in [0.2, 0.25) is 0 Å². The molecule has 8 heteroatoms. The molecule has 0 atom stereocenters. The van der Waals surface area contributed by atoms with Crippen LogP contribution in [0.4, 0.5) is 0 Å². The van der Waals surface area contributed by atoms with E-state index in [1.54, 1.807) is 25.4 Å². The predicted octanol–water partition coefficient (Wildman–Crippen LogP) is 3.61. The van der Waals surface area contributed by atoms with Crippen molar-refractivity contribution in [1.82, 2.24) is 20.9 Å². The minimum atomic E-state index is -0.127. The topological polar surface area (TPSA) is 81.9 Å². The highest BCUT2D eigenvalue weighted by atomic mass is 127. The number of hydrogen-bond acceptors (Lipinski definition) is 4. The maximum atomic E-state index is 12.4. The SMILES string of the molecule is CN=C(NCCN(C(C)C)C(C)C)NCc1cccc(C(=O)NCc2ccco2)c1.I. The molecule has 0 saturated heterocycles. The maximum Gasteiger partial charge on any atom is 0.251 e. The molecule has 0 radical (unpaired) electrons. The fraction of sp³-hybridized carbons (Fsp3) is 0.478. The second-order valence-corrected chi connectivity index (χ2v) is 7.74. The van der Waals surface area contributed by atoms with Gasteiger partial charge in [0.15, 0.2) is 5.96 Å². The smallest absolute Gasteiger partial charge is 0.251 e. The van der Waals surface area contributed by atoms with Crippen LogP contribution in [0.25, 0.3) is 0 Å². The van der Waals surface area contributed by atoms with Gasteiger partial charge in [0.1, 0.15) is 5.76 Å². The van der Waals surface area contributed by atoms with Crippen LogP contribution in [-0.2, 0) is 13.1 Å². The number of benzene rings is 1. The van der Waals surface area contributed by atoms with Gasteiger partial charge in [-0.1, -0.05) is 12.1 Å². The number of furan rings is 1. The Balaban J connectivity index is 0.00000480. The van der Waals surface area contributed by atoms with E-state index in [9.17, 15) is 4.79 Å². The van der Waals surface area contributed by atoms with Crippen molar-refractivity contribution in [2.24, 2.45) is 4.99 Å². The quantitative estimate of drug-likeness (QED) is 0.243. The van der Waals surface area contributed by atoms with Crippen LogP contribution in [-0.4, -0.2) is 49.0 Å². The van der Waals surface area contributed by atoms with E-state index in [2.05, 4.69) is 53.5 Å². The van der Waals surface area contributed by atoms with Crippen LogP contribution < -0.4 is 16.0 Å². The van der Waals surface area contributed by atoms with Crippen LogP contribution in [0.1, 0.15) is 49.4 Å². The van der Waals surface area contributed by atoms with Crippen molar-refractivity contribution in [1.29, 1.82) is 0 Å². The van der Waals surface area contributed by atoms with E-state index in [0.29, 0.717) is 30.7 Å². The van der Waals surface area contributed by atoms with Gasteiger partial charge in [0.25, 0.3) is 5.91 Å². The van der Waals surface area contributed by atoms with Gasteiger partial charge < -0.3 is 20.4 Å². The Kier molecular flexibility index (Phi) is 12.2. The van der Waals surface area contributed by atoms with Gasteiger partial charge in [-0.05, 0) is 57.5 Å². The van der Waals surface area contributed by atoms with Crippen molar-refractivity contribution < 1.29 is 9.21 Å². The third-order valence-electron chi connectivity index (χ3n) is 4.87. The second kappa shape index (κ2) is 14.1. The lowest BCUT2D eigenvalue weighted by Gasteiger charge is -2.30. The fourth-order valence-corrected chi connectivity index (χ4v) is 3.33. The zero-order valence-corrected chi connectivity index (χ0v) is 21.5. The summed E-state index contributed by atoms with van der Waals surface area (Å²) in [6.45, 7) is 11.6. The molecule has 2 aromatic rings. The number of carbonyl (C=O) groups excluding carboxylic acids is 1. The summed E-state index contributed by atoms with van der Waals surface area (Å²) < 4.78 is 5.25. The average Bonchev–Trinajstić information content (AvgIpc) is 3.24. The second-order valence-electron chi connectivity index (χ2n) is 7.74. The van der Waals surface area contributed by atoms with Crippen LogP contribution in [0.15, 0.2) is 52.1 Å². The Morgan fingerprint density at radius 2 is 1.77 bits per heavy atom. The molecular weight excluding hydrogens is 505 g/mol. The minimum Gasteiger partial charge on any atom is -0.467 e. The van der Waals surface area contributed by atoms with E-state index in [0.717, 1.165) is 30.4 Å². The van der Waals surface area contributed by atoms with Gasteiger partial charge >= 0.3 is 0 Å². The molecule has 172 valence electrons. The van der Waals surface area contributed by atoms with Crippen molar-refractivity contribution in [3.8, 4) is 0 Å². The molecule has 0 saturated carbocycles. The fourth-order valence-electron chi connectivity index (χ4n) is 3.33. The van der Waals surface area contributed by atoms with E-state index < -0.39 is 0 Å². The Labute approximate surface area is 203 Å². The molecule has 7 nitrogen and oxygen atoms in total. The van der Waals surface area contributed by atoms with Crippen molar-refractivity contribution in [2.45, 2.75) is 52.9 Å². The number of nitrogens with one attached hydrogen (secondary N) is 3. The normalized spacial score (nSPS) is 11.5. The molecule has 0 aliphatic carbocycles. The Bertz CT molecular complexity index is 798. The number of carbonyl (C=O) groups is 1. The third kappa shape index (κ3) is 9.30. The molecule has 1 heterocycles. The van der Waals surface area contributed by atoms with E-state index >= 15 is 0 Å².